The van der Waals surface area contributed by atoms with Gasteiger partial charge in [0.1, 0.15) is 17.0 Å². The Kier molecular flexibility index (Phi) is 3.82. The van der Waals surface area contributed by atoms with Crippen molar-refractivity contribution in [3.63, 3.8) is 0 Å². The van der Waals surface area contributed by atoms with Gasteiger partial charge in [0.25, 0.3) is 0 Å². The molecular formula is C20H16N2O3. The fraction of sp³-hybridized carbons (Fsp3) is 0.100. The van der Waals surface area contributed by atoms with E-state index in [1.165, 1.54) is 0 Å². The van der Waals surface area contributed by atoms with Crippen LogP contribution in [-0.2, 0) is 11.2 Å². The quantitative estimate of drug-likeness (QED) is 0.609. The molecule has 2 aromatic heterocycles. The first-order chi connectivity index (χ1) is 12.3. The maximum Gasteiger partial charge on any atom is 0.229 e. The molecule has 0 atom stereocenters. The number of methoxy groups -OCH3 is 1. The van der Waals surface area contributed by atoms with Gasteiger partial charge in [-0.05, 0) is 16.8 Å². The number of fused-ring (bicyclic) bond motifs is 3. The van der Waals surface area contributed by atoms with Crippen molar-refractivity contribution in [2.45, 2.75) is 6.42 Å². The first-order valence-electron chi connectivity index (χ1n) is 7.92. The van der Waals surface area contributed by atoms with Gasteiger partial charge >= 0.3 is 0 Å². The van der Waals surface area contributed by atoms with Crippen molar-refractivity contribution in [2.75, 3.05) is 12.4 Å². The lowest BCUT2D eigenvalue weighted by molar-refractivity contribution is -0.115. The summed E-state index contributed by atoms with van der Waals surface area (Å²) in [5, 5.41) is 6.02. The molecule has 124 valence electrons. The van der Waals surface area contributed by atoms with E-state index < -0.39 is 0 Å². The summed E-state index contributed by atoms with van der Waals surface area (Å²) in [6.07, 6.45) is 5.04. The van der Waals surface area contributed by atoms with Gasteiger partial charge in [-0.2, -0.15) is 0 Å². The molecule has 2 aromatic carbocycles. The molecule has 0 radical (unpaired) electrons. The van der Waals surface area contributed by atoms with Crippen LogP contribution >= 0.6 is 0 Å². The Morgan fingerprint density at radius 2 is 2.08 bits per heavy atom. The highest BCUT2D eigenvalue weighted by Gasteiger charge is 2.14. The zero-order valence-corrected chi connectivity index (χ0v) is 13.7. The molecule has 0 saturated heterocycles. The van der Waals surface area contributed by atoms with Crippen LogP contribution < -0.4 is 10.1 Å². The Balaban J connectivity index is 1.66. The molecular weight excluding hydrogens is 316 g/mol. The van der Waals surface area contributed by atoms with E-state index in [2.05, 4.69) is 10.3 Å². The van der Waals surface area contributed by atoms with Gasteiger partial charge in [0.2, 0.25) is 5.91 Å². The van der Waals surface area contributed by atoms with E-state index in [9.17, 15) is 4.79 Å². The van der Waals surface area contributed by atoms with Crippen LogP contribution in [0.4, 0.5) is 5.69 Å². The van der Waals surface area contributed by atoms with Crippen molar-refractivity contribution < 1.29 is 13.9 Å². The third kappa shape index (κ3) is 2.80. The molecule has 4 aromatic rings. The number of hydrogen-bond donors (Lipinski definition) is 1. The van der Waals surface area contributed by atoms with E-state index in [1.54, 1.807) is 31.8 Å². The second-order valence-electron chi connectivity index (χ2n) is 5.72. The molecule has 0 unspecified atom stereocenters. The SMILES string of the molecule is COc1ccncc1NC(=O)Cc1coc2ccc3ccccc3c12. The number of carbonyl (C=O) groups is 1. The summed E-state index contributed by atoms with van der Waals surface area (Å²) in [5.74, 6) is 0.424. The van der Waals surface area contributed by atoms with Gasteiger partial charge < -0.3 is 14.5 Å². The van der Waals surface area contributed by atoms with E-state index in [4.69, 9.17) is 9.15 Å². The highest BCUT2D eigenvalue weighted by atomic mass is 16.5. The summed E-state index contributed by atoms with van der Waals surface area (Å²) in [6.45, 7) is 0. The highest BCUT2D eigenvalue weighted by molar-refractivity contribution is 6.09. The van der Waals surface area contributed by atoms with E-state index in [0.717, 1.165) is 27.3 Å². The summed E-state index contributed by atoms with van der Waals surface area (Å²) >= 11 is 0. The van der Waals surface area contributed by atoms with Gasteiger partial charge in [-0.3, -0.25) is 9.78 Å². The predicted octanol–water partition coefficient (Wildman–Crippen LogP) is 4.17. The number of pyridine rings is 1. The van der Waals surface area contributed by atoms with Crippen LogP contribution in [-0.4, -0.2) is 18.0 Å². The zero-order valence-electron chi connectivity index (χ0n) is 13.7. The van der Waals surface area contributed by atoms with Crippen LogP contribution in [0.1, 0.15) is 5.56 Å². The number of ether oxygens (including phenoxy) is 1. The van der Waals surface area contributed by atoms with Crippen molar-refractivity contribution in [1.82, 2.24) is 4.98 Å². The standard InChI is InChI=1S/C20H16N2O3/c1-24-17-8-9-21-11-16(17)22-19(23)10-14-12-25-18-7-6-13-4-2-3-5-15(13)20(14)18/h2-9,11-12H,10H2,1H3,(H,22,23). The molecule has 0 aliphatic rings. The normalized spacial score (nSPS) is 10.9. The summed E-state index contributed by atoms with van der Waals surface area (Å²) in [6, 6.07) is 13.7. The number of hydrogen-bond acceptors (Lipinski definition) is 4. The first kappa shape index (κ1) is 15.2. The average Bonchev–Trinajstić information content (AvgIpc) is 3.05. The molecule has 25 heavy (non-hydrogen) atoms. The number of nitrogens with zero attached hydrogens (tertiary/aromatic N) is 1. The summed E-state index contributed by atoms with van der Waals surface area (Å²) in [7, 11) is 1.56. The number of rotatable bonds is 4. The minimum Gasteiger partial charge on any atom is -0.494 e. The molecule has 0 saturated carbocycles. The summed E-state index contributed by atoms with van der Waals surface area (Å²) < 4.78 is 10.9. The number of aromatic nitrogens is 1. The van der Waals surface area contributed by atoms with Crippen LogP contribution in [0.5, 0.6) is 5.75 Å². The third-order valence-electron chi connectivity index (χ3n) is 4.17. The van der Waals surface area contributed by atoms with E-state index >= 15 is 0 Å². The van der Waals surface area contributed by atoms with Gasteiger partial charge in [-0.15, -0.1) is 0 Å². The Hall–Kier alpha value is -3.34. The molecule has 4 rings (SSSR count). The topological polar surface area (TPSA) is 64.4 Å². The van der Waals surface area contributed by atoms with Crippen LogP contribution in [0.2, 0.25) is 0 Å². The van der Waals surface area contributed by atoms with E-state index in [0.29, 0.717) is 11.4 Å². The van der Waals surface area contributed by atoms with Crippen molar-refractivity contribution in [2.24, 2.45) is 0 Å². The monoisotopic (exact) mass is 332 g/mol. The zero-order chi connectivity index (χ0) is 17.2. The Morgan fingerprint density at radius 3 is 2.96 bits per heavy atom. The molecule has 0 fully saturated rings. The molecule has 2 heterocycles. The molecule has 1 N–H and O–H groups in total. The Labute approximate surface area is 144 Å². The lowest BCUT2D eigenvalue weighted by Crippen LogP contribution is -2.15. The molecule has 0 spiro atoms. The largest absolute Gasteiger partial charge is 0.494 e. The fourth-order valence-electron chi connectivity index (χ4n) is 3.03. The number of nitrogens with one attached hydrogen (secondary N) is 1. The first-order valence-corrected chi connectivity index (χ1v) is 7.92. The molecule has 0 bridgehead atoms. The smallest absolute Gasteiger partial charge is 0.229 e. The third-order valence-corrected chi connectivity index (χ3v) is 4.17. The van der Waals surface area contributed by atoms with Crippen LogP contribution in [0.15, 0.2) is 65.5 Å². The van der Waals surface area contributed by atoms with Crippen molar-refractivity contribution >= 4 is 33.3 Å². The minimum atomic E-state index is -0.151. The molecule has 5 heteroatoms. The number of carbonyl (C=O) groups excluding carboxylic acids is 1. The van der Waals surface area contributed by atoms with Crippen LogP contribution in [0.25, 0.3) is 21.7 Å². The minimum absolute atomic E-state index is 0.151. The van der Waals surface area contributed by atoms with Gasteiger partial charge in [0.15, 0.2) is 0 Å². The van der Waals surface area contributed by atoms with Gasteiger partial charge in [-0.1, -0.05) is 30.3 Å². The maximum absolute atomic E-state index is 12.5. The lowest BCUT2D eigenvalue weighted by atomic mass is 10.0. The lowest BCUT2D eigenvalue weighted by Gasteiger charge is -2.09. The van der Waals surface area contributed by atoms with Gasteiger partial charge in [0.05, 0.1) is 26.0 Å². The average molecular weight is 332 g/mol. The summed E-state index contributed by atoms with van der Waals surface area (Å²) in [4.78, 5) is 16.5. The number of furan rings is 1. The highest BCUT2D eigenvalue weighted by Crippen LogP contribution is 2.30. The van der Waals surface area contributed by atoms with Gasteiger partial charge in [-0.25, -0.2) is 0 Å². The maximum atomic E-state index is 12.5. The van der Waals surface area contributed by atoms with Crippen LogP contribution in [0, 0.1) is 0 Å². The molecule has 0 aliphatic carbocycles. The van der Waals surface area contributed by atoms with Crippen molar-refractivity contribution in [1.29, 1.82) is 0 Å². The molecule has 5 nitrogen and oxygen atoms in total. The molecule has 1 amide bonds. The van der Waals surface area contributed by atoms with Crippen molar-refractivity contribution in [3.8, 4) is 5.75 Å². The number of benzene rings is 2. The predicted molar refractivity (Wildman–Crippen MR) is 96.8 cm³/mol. The second-order valence-corrected chi connectivity index (χ2v) is 5.72. The van der Waals surface area contributed by atoms with E-state index in [1.807, 2.05) is 36.4 Å². The van der Waals surface area contributed by atoms with E-state index in [-0.39, 0.29) is 12.3 Å². The van der Waals surface area contributed by atoms with Crippen LogP contribution in [0.3, 0.4) is 0 Å². The Morgan fingerprint density at radius 1 is 1.20 bits per heavy atom. The summed E-state index contributed by atoms with van der Waals surface area (Å²) in [5.41, 5.74) is 2.18. The Bertz CT molecular complexity index is 1070. The second kappa shape index (κ2) is 6.28. The van der Waals surface area contributed by atoms with Crippen molar-refractivity contribution in [3.05, 3.63) is 66.7 Å². The fourth-order valence-corrected chi connectivity index (χ4v) is 3.03. The molecule has 0 aliphatic heterocycles. The number of amides is 1. The van der Waals surface area contributed by atoms with Gasteiger partial charge in [0, 0.05) is 23.2 Å². The number of anilines is 1.